The van der Waals surface area contributed by atoms with Gasteiger partial charge in [0.1, 0.15) is 0 Å². The van der Waals surface area contributed by atoms with Crippen LogP contribution in [0.1, 0.15) is 37.4 Å². The van der Waals surface area contributed by atoms with Gasteiger partial charge >= 0.3 is 0 Å². The Hall–Kier alpha value is -1.01. The number of nitrogens with two attached hydrogens (primary N) is 1. The molecule has 0 spiro atoms. The van der Waals surface area contributed by atoms with Crippen molar-refractivity contribution < 1.29 is 4.79 Å². The molecule has 1 unspecified atom stereocenters. The number of carbonyl (C=O) groups excluding carboxylic acids is 1. The lowest BCUT2D eigenvalue weighted by Crippen LogP contribution is -2.36. The number of piperidine rings is 1. The molecule has 16 heavy (non-hydrogen) atoms. The van der Waals surface area contributed by atoms with Crippen LogP contribution in [0.15, 0.2) is 5.38 Å². The molecule has 2 rings (SSSR count). The van der Waals surface area contributed by atoms with Gasteiger partial charge in [-0.3, -0.25) is 9.69 Å². The van der Waals surface area contributed by atoms with Crippen LogP contribution in [-0.2, 0) is 4.79 Å². The van der Waals surface area contributed by atoms with Crippen molar-refractivity contribution in [1.29, 1.82) is 0 Å². The van der Waals surface area contributed by atoms with Crippen LogP contribution in [-0.4, -0.2) is 33.5 Å². The van der Waals surface area contributed by atoms with Gasteiger partial charge in [-0.05, 0) is 37.5 Å². The molecular weight excluding hydrogens is 224 g/mol. The van der Waals surface area contributed by atoms with Crippen molar-refractivity contribution in [1.82, 2.24) is 14.5 Å². The first-order valence-corrected chi connectivity index (χ1v) is 6.40. The van der Waals surface area contributed by atoms with E-state index in [1.54, 1.807) is 0 Å². The predicted octanol–water partition coefficient (Wildman–Crippen LogP) is 0.940. The Morgan fingerprint density at radius 2 is 2.25 bits per heavy atom. The van der Waals surface area contributed by atoms with Crippen LogP contribution in [0, 0.1) is 0 Å². The van der Waals surface area contributed by atoms with E-state index in [2.05, 4.69) is 14.5 Å². The fraction of sp³-hybridized carbons (Fsp3) is 0.700. The predicted molar refractivity (Wildman–Crippen MR) is 61.9 cm³/mol. The van der Waals surface area contributed by atoms with Gasteiger partial charge in [-0.2, -0.15) is 0 Å². The quantitative estimate of drug-likeness (QED) is 0.850. The number of likely N-dealkylation sites (tertiary alicyclic amines) is 1. The van der Waals surface area contributed by atoms with E-state index in [-0.39, 0.29) is 11.9 Å². The van der Waals surface area contributed by atoms with Crippen LogP contribution in [0.2, 0.25) is 0 Å². The SMILES string of the molecule is NC(=O)CC(c1csnn1)N1CCCCC1. The molecule has 0 saturated carbocycles. The minimum absolute atomic E-state index is 0.0246. The van der Waals surface area contributed by atoms with Gasteiger partial charge in [0.2, 0.25) is 5.91 Å². The average molecular weight is 240 g/mol. The summed E-state index contributed by atoms with van der Waals surface area (Å²) < 4.78 is 3.86. The molecule has 1 amide bonds. The Balaban J connectivity index is 2.10. The first-order chi connectivity index (χ1) is 7.77. The van der Waals surface area contributed by atoms with Crippen molar-refractivity contribution in [2.75, 3.05) is 13.1 Å². The lowest BCUT2D eigenvalue weighted by atomic mass is 10.0. The fourth-order valence-corrected chi connectivity index (χ4v) is 2.66. The number of amides is 1. The average Bonchev–Trinajstić information content (AvgIpc) is 2.80. The summed E-state index contributed by atoms with van der Waals surface area (Å²) in [5.41, 5.74) is 6.18. The van der Waals surface area contributed by atoms with Crippen LogP contribution >= 0.6 is 11.5 Å². The van der Waals surface area contributed by atoms with Gasteiger partial charge in [0.05, 0.1) is 11.7 Å². The summed E-state index contributed by atoms with van der Waals surface area (Å²) in [6.45, 7) is 2.05. The second-order valence-electron chi connectivity index (χ2n) is 4.11. The zero-order valence-electron chi connectivity index (χ0n) is 9.13. The monoisotopic (exact) mass is 240 g/mol. The summed E-state index contributed by atoms with van der Waals surface area (Å²) in [6, 6.07) is 0.0246. The Kier molecular flexibility index (Phi) is 3.84. The maximum atomic E-state index is 11.1. The maximum Gasteiger partial charge on any atom is 0.219 e. The molecule has 0 radical (unpaired) electrons. The van der Waals surface area contributed by atoms with E-state index in [0.717, 1.165) is 18.8 Å². The molecule has 1 fully saturated rings. The van der Waals surface area contributed by atoms with Crippen LogP contribution < -0.4 is 5.73 Å². The molecule has 0 aliphatic carbocycles. The molecule has 2 N–H and O–H groups in total. The molecule has 1 aromatic rings. The van der Waals surface area contributed by atoms with Gasteiger partial charge in [-0.25, -0.2) is 0 Å². The summed E-state index contributed by atoms with van der Waals surface area (Å²) in [7, 11) is 0. The highest BCUT2D eigenvalue weighted by Gasteiger charge is 2.25. The molecule has 1 aliphatic rings. The number of hydrogen-bond donors (Lipinski definition) is 1. The standard InChI is InChI=1S/C10H16N4OS/c11-10(15)6-9(8-7-16-13-12-8)14-4-2-1-3-5-14/h7,9H,1-6H2,(H2,11,15). The molecule has 0 aromatic carbocycles. The van der Waals surface area contributed by atoms with Gasteiger partial charge in [-0.1, -0.05) is 10.9 Å². The highest BCUT2D eigenvalue weighted by atomic mass is 32.1. The Bertz CT molecular complexity index is 335. The number of rotatable bonds is 4. The highest BCUT2D eigenvalue weighted by Crippen LogP contribution is 2.26. The minimum atomic E-state index is -0.274. The second-order valence-corrected chi connectivity index (χ2v) is 4.72. The molecular formula is C10H16N4OS. The van der Waals surface area contributed by atoms with Crippen LogP contribution in [0.3, 0.4) is 0 Å². The van der Waals surface area contributed by atoms with Crippen molar-refractivity contribution in [3.8, 4) is 0 Å². The van der Waals surface area contributed by atoms with Crippen molar-refractivity contribution >= 4 is 17.4 Å². The third kappa shape index (κ3) is 2.76. The first kappa shape index (κ1) is 11.5. The van der Waals surface area contributed by atoms with Crippen molar-refractivity contribution in [2.45, 2.75) is 31.7 Å². The summed E-state index contributed by atoms with van der Waals surface area (Å²) in [5, 5.41) is 5.97. The number of aromatic nitrogens is 2. The third-order valence-corrected chi connectivity index (χ3v) is 3.47. The Morgan fingerprint density at radius 3 is 2.81 bits per heavy atom. The summed E-state index contributed by atoms with van der Waals surface area (Å²) in [4.78, 5) is 13.4. The molecule has 6 heteroatoms. The van der Waals surface area contributed by atoms with Crippen LogP contribution in [0.4, 0.5) is 0 Å². The second kappa shape index (κ2) is 5.36. The van der Waals surface area contributed by atoms with Gasteiger partial charge in [0.25, 0.3) is 0 Å². The van der Waals surface area contributed by atoms with E-state index in [1.165, 1.54) is 30.8 Å². The van der Waals surface area contributed by atoms with E-state index in [9.17, 15) is 4.79 Å². The molecule has 1 aromatic heterocycles. The van der Waals surface area contributed by atoms with Crippen molar-refractivity contribution in [3.63, 3.8) is 0 Å². The van der Waals surface area contributed by atoms with Crippen LogP contribution in [0.25, 0.3) is 0 Å². The first-order valence-electron chi connectivity index (χ1n) is 5.56. The minimum Gasteiger partial charge on any atom is -0.370 e. The molecule has 5 nitrogen and oxygen atoms in total. The van der Waals surface area contributed by atoms with Gasteiger partial charge in [-0.15, -0.1) is 5.10 Å². The number of hydrogen-bond acceptors (Lipinski definition) is 5. The molecule has 2 heterocycles. The molecule has 1 aliphatic heterocycles. The molecule has 1 atom stereocenters. The van der Waals surface area contributed by atoms with Gasteiger partial charge in [0.15, 0.2) is 0 Å². The van der Waals surface area contributed by atoms with E-state index in [1.807, 2.05) is 5.38 Å². The van der Waals surface area contributed by atoms with Gasteiger partial charge < -0.3 is 5.73 Å². The molecule has 88 valence electrons. The molecule has 0 bridgehead atoms. The normalized spacial score (nSPS) is 19.5. The maximum absolute atomic E-state index is 11.1. The lowest BCUT2D eigenvalue weighted by molar-refractivity contribution is -0.119. The van der Waals surface area contributed by atoms with Gasteiger partial charge in [0, 0.05) is 11.8 Å². The van der Waals surface area contributed by atoms with E-state index >= 15 is 0 Å². The largest absolute Gasteiger partial charge is 0.370 e. The zero-order valence-corrected chi connectivity index (χ0v) is 9.95. The fourth-order valence-electron chi connectivity index (χ4n) is 2.16. The van der Waals surface area contributed by atoms with E-state index in [4.69, 9.17) is 5.73 Å². The summed E-state index contributed by atoms with van der Waals surface area (Å²) in [6.07, 6.45) is 3.99. The smallest absolute Gasteiger partial charge is 0.219 e. The van der Waals surface area contributed by atoms with Crippen LogP contribution in [0.5, 0.6) is 0 Å². The van der Waals surface area contributed by atoms with Crippen molar-refractivity contribution in [2.24, 2.45) is 5.73 Å². The Morgan fingerprint density at radius 1 is 1.50 bits per heavy atom. The Labute approximate surface area is 98.8 Å². The van der Waals surface area contributed by atoms with Crippen molar-refractivity contribution in [3.05, 3.63) is 11.1 Å². The zero-order chi connectivity index (χ0) is 11.4. The summed E-state index contributed by atoms with van der Waals surface area (Å²) >= 11 is 1.32. The number of nitrogens with zero attached hydrogens (tertiary/aromatic N) is 3. The number of primary amides is 1. The summed E-state index contributed by atoms with van der Waals surface area (Å²) in [5.74, 6) is -0.274. The lowest BCUT2D eigenvalue weighted by Gasteiger charge is -2.32. The number of carbonyl (C=O) groups is 1. The third-order valence-electron chi connectivity index (χ3n) is 2.94. The topological polar surface area (TPSA) is 72.1 Å². The molecule has 1 saturated heterocycles. The van der Waals surface area contributed by atoms with E-state index < -0.39 is 0 Å². The highest BCUT2D eigenvalue weighted by molar-refractivity contribution is 7.03. The van der Waals surface area contributed by atoms with E-state index in [0.29, 0.717) is 6.42 Å².